The lowest BCUT2D eigenvalue weighted by Crippen LogP contribution is -2.24. The highest BCUT2D eigenvalue weighted by Gasteiger charge is 2.06. The molecule has 158 valence electrons. The third kappa shape index (κ3) is 11.7. The summed E-state index contributed by atoms with van der Waals surface area (Å²) in [5, 5.41) is 0. The van der Waals surface area contributed by atoms with E-state index in [4.69, 9.17) is 0 Å². The molecule has 0 aliphatic rings. The second-order valence-corrected chi connectivity index (χ2v) is 8.21. The number of nitrogens with zero attached hydrogens (tertiary/aromatic N) is 1. The number of benzene rings is 2. The topological polar surface area (TPSA) is 3.24 Å². The van der Waals surface area contributed by atoms with E-state index in [0.717, 1.165) is 19.6 Å². The Morgan fingerprint density at radius 3 is 1.62 bits per heavy atom. The van der Waals surface area contributed by atoms with E-state index in [1.54, 1.807) is 0 Å². The zero-order chi connectivity index (χ0) is 20.4. The van der Waals surface area contributed by atoms with Crippen molar-refractivity contribution in [3.63, 3.8) is 0 Å². The van der Waals surface area contributed by atoms with Gasteiger partial charge in [0.15, 0.2) is 0 Å². The van der Waals surface area contributed by atoms with Crippen molar-refractivity contribution in [1.82, 2.24) is 4.90 Å². The molecule has 0 heterocycles. The Hall–Kier alpha value is -1.86. The fourth-order valence-corrected chi connectivity index (χ4v) is 3.77. The molecule has 29 heavy (non-hydrogen) atoms. The van der Waals surface area contributed by atoms with Gasteiger partial charge in [-0.1, -0.05) is 112 Å². The fraction of sp³-hybridized carbons (Fsp3) is 0.500. The Morgan fingerprint density at radius 1 is 0.586 bits per heavy atom. The molecule has 0 aliphatic heterocycles. The van der Waals surface area contributed by atoms with Crippen molar-refractivity contribution in [2.24, 2.45) is 0 Å². The van der Waals surface area contributed by atoms with Crippen LogP contribution in [-0.4, -0.2) is 11.4 Å². The van der Waals surface area contributed by atoms with Crippen molar-refractivity contribution in [3.8, 4) is 0 Å². The number of unbranched alkanes of at least 4 members (excludes halogenated alkanes) is 8. The Labute approximate surface area is 179 Å². The molecule has 0 saturated heterocycles. The molecule has 0 amide bonds. The van der Waals surface area contributed by atoms with Gasteiger partial charge in [-0.15, -0.1) is 0 Å². The van der Waals surface area contributed by atoms with Gasteiger partial charge >= 0.3 is 0 Å². The number of hydrogen-bond donors (Lipinski definition) is 0. The predicted octanol–water partition coefficient (Wildman–Crippen LogP) is 8.17. The van der Waals surface area contributed by atoms with E-state index in [1.807, 2.05) is 0 Å². The smallest absolute Gasteiger partial charge is 0.0237 e. The molecular formula is C28H41N. The summed E-state index contributed by atoms with van der Waals surface area (Å²) in [4.78, 5) is 2.59. The minimum atomic E-state index is 1.03. The van der Waals surface area contributed by atoms with Crippen LogP contribution >= 0.6 is 0 Å². The third-order valence-electron chi connectivity index (χ3n) is 5.48. The van der Waals surface area contributed by atoms with E-state index < -0.39 is 0 Å². The molecule has 2 aromatic carbocycles. The summed E-state index contributed by atoms with van der Waals surface area (Å²) in [5.74, 6) is 0. The third-order valence-corrected chi connectivity index (χ3v) is 5.48. The molecule has 1 heteroatoms. The average Bonchev–Trinajstić information content (AvgIpc) is 2.76. The van der Waals surface area contributed by atoms with E-state index in [-0.39, 0.29) is 0 Å². The molecule has 1 nitrogen and oxygen atoms in total. The van der Waals surface area contributed by atoms with Crippen LogP contribution in [0.5, 0.6) is 0 Å². The van der Waals surface area contributed by atoms with Gasteiger partial charge in [0.1, 0.15) is 0 Å². The lowest BCUT2D eigenvalue weighted by atomic mass is 10.1. The molecule has 2 aromatic rings. The molecule has 0 spiro atoms. The SMILES string of the molecule is CCCCCCCC/C=C/CCCCN(Cc1ccccc1)Cc1ccccc1. The van der Waals surface area contributed by atoms with Crippen molar-refractivity contribution in [2.45, 2.75) is 84.2 Å². The van der Waals surface area contributed by atoms with Gasteiger partial charge in [0, 0.05) is 13.1 Å². The molecule has 2 rings (SSSR count). The van der Waals surface area contributed by atoms with Gasteiger partial charge in [0.2, 0.25) is 0 Å². The number of rotatable bonds is 16. The molecule has 0 N–H and O–H groups in total. The van der Waals surface area contributed by atoms with Crippen molar-refractivity contribution < 1.29 is 0 Å². The first-order valence-electron chi connectivity index (χ1n) is 11.8. The van der Waals surface area contributed by atoms with Crippen molar-refractivity contribution in [1.29, 1.82) is 0 Å². The molecule has 0 fully saturated rings. The summed E-state index contributed by atoms with van der Waals surface area (Å²) in [7, 11) is 0. The molecule has 0 bridgehead atoms. The molecular weight excluding hydrogens is 350 g/mol. The maximum atomic E-state index is 2.59. The van der Waals surface area contributed by atoms with Crippen LogP contribution in [0.1, 0.15) is 82.3 Å². The Kier molecular flexibility index (Phi) is 12.9. The highest BCUT2D eigenvalue weighted by Crippen LogP contribution is 2.12. The first kappa shape index (κ1) is 23.4. The molecule has 0 aromatic heterocycles. The van der Waals surface area contributed by atoms with Gasteiger partial charge in [-0.05, 0) is 49.8 Å². The van der Waals surface area contributed by atoms with E-state index in [1.165, 1.54) is 75.3 Å². The molecule has 0 aliphatic carbocycles. The van der Waals surface area contributed by atoms with Crippen LogP contribution in [0.4, 0.5) is 0 Å². The minimum Gasteiger partial charge on any atom is -0.295 e. The van der Waals surface area contributed by atoms with Crippen molar-refractivity contribution in [2.75, 3.05) is 6.54 Å². The van der Waals surface area contributed by atoms with E-state index in [2.05, 4.69) is 84.6 Å². The highest BCUT2D eigenvalue weighted by atomic mass is 15.1. The first-order valence-corrected chi connectivity index (χ1v) is 11.8. The van der Waals surface area contributed by atoms with Crippen LogP contribution in [0, 0.1) is 0 Å². The summed E-state index contributed by atoms with van der Waals surface area (Å²) in [5.41, 5.74) is 2.81. The van der Waals surface area contributed by atoms with Crippen LogP contribution in [0.25, 0.3) is 0 Å². The summed E-state index contributed by atoms with van der Waals surface area (Å²) in [6, 6.07) is 21.7. The lowest BCUT2D eigenvalue weighted by Gasteiger charge is -2.22. The van der Waals surface area contributed by atoms with Gasteiger partial charge in [-0.25, -0.2) is 0 Å². The molecule has 0 unspecified atom stereocenters. The average molecular weight is 392 g/mol. The normalized spacial score (nSPS) is 11.5. The number of allylic oxidation sites excluding steroid dienone is 2. The maximum Gasteiger partial charge on any atom is 0.0237 e. The zero-order valence-electron chi connectivity index (χ0n) is 18.6. The van der Waals surface area contributed by atoms with Crippen molar-refractivity contribution >= 4 is 0 Å². The quantitative estimate of drug-likeness (QED) is 0.206. The molecule has 0 radical (unpaired) electrons. The van der Waals surface area contributed by atoms with Gasteiger partial charge < -0.3 is 0 Å². The Morgan fingerprint density at radius 2 is 1.07 bits per heavy atom. The summed E-state index contributed by atoms with van der Waals surface area (Å²) in [6.45, 7) is 5.51. The first-order chi connectivity index (χ1) is 14.4. The fourth-order valence-electron chi connectivity index (χ4n) is 3.77. The van der Waals surface area contributed by atoms with Gasteiger partial charge in [0.25, 0.3) is 0 Å². The van der Waals surface area contributed by atoms with Gasteiger partial charge in [0.05, 0.1) is 0 Å². The molecule has 0 atom stereocenters. The van der Waals surface area contributed by atoms with Crippen LogP contribution < -0.4 is 0 Å². The highest BCUT2D eigenvalue weighted by molar-refractivity contribution is 5.17. The Bertz CT molecular complexity index is 590. The summed E-state index contributed by atoms with van der Waals surface area (Å²) >= 11 is 0. The maximum absolute atomic E-state index is 2.59. The van der Waals surface area contributed by atoms with Crippen LogP contribution in [-0.2, 0) is 13.1 Å². The standard InChI is InChI=1S/C28H41N/c1-2-3-4-5-6-7-8-9-10-11-12-19-24-29(25-27-20-15-13-16-21-27)26-28-22-17-14-18-23-28/h9-10,13-18,20-23H,2-8,11-12,19,24-26H2,1H3/b10-9+. The van der Waals surface area contributed by atoms with Crippen LogP contribution in [0.3, 0.4) is 0 Å². The van der Waals surface area contributed by atoms with E-state index >= 15 is 0 Å². The lowest BCUT2D eigenvalue weighted by molar-refractivity contribution is 0.251. The Balaban J connectivity index is 1.63. The minimum absolute atomic E-state index is 1.03. The second-order valence-electron chi connectivity index (χ2n) is 8.21. The van der Waals surface area contributed by atoms with Crippen molar-refractivity contribution in [3.05, 3.63) is 83.9 Å². The summed E-state index contributed by atoms with van der Waals surface area (Å²) < 4.78 is 0. The monoisotopic (exact) mass is 391 g/mol. The van der Waals surface area contributed by atoms with E-state index in [9.17, 15) is 0 Å². The van der Waals surface area contributed by atoms with Crippen LogP contribution in [0.2, 0.25) is 0 Å². The molecule has 0 saturated carbocycles. The van der Waals surface area contributed by atoms with Gasteiger partial charge in [-0.2, -0.15) is 0 Å². The predicted molar refractivity (Wildman–Crippen MR) is 128 cm³/mol. The zero-order valence-corrected chi connectivity index (χ0v) is 18.6. The second kappa shape index (κ2) is 16.0. The largest absolute Gasteiger partial charge is 0.295 e. The summed E-state index contributed by atoms with van der Waals surface area (Å²) in [6.07, 6.45) is 18.2. The number of hydrogen-bond acceptors (Lipinski definition) is 1. The van der Waals surface area contributed by atoms with Crippen LogP contribution in [0.15, 0.2) is 72.8 Å². The van der Waals surface area contributed by atoms with E-state index in [0.29, 0.717) is 0 Å². The van der Waals surface area contributed by atoms with Gasteiger partial charge in [-0.3, -0.25) is 4.90 Å².